The summed E-state index contributed by atoms with van der Waals surface area (Å²) in [5.41, 5.74) is 1.00. The fourth-order valence-corrected chi connectivity index (χ4v) is 1.66. The molecule has 0 bridgehead atoms. The normalized spacial score (nSPS) is 15.7. The lowest BCUT2D eigenvalue weighted by Crippen LogP contribution is -2.37. The Balaban J connectivity index is 4.56. The van der Waals surface area contributed by atoms with Gasteiger partial charge in [-0.2, -0.15) is 0 Å². The number of carbonyl (C=O) groups excluding carboxylic acids is 2. The Morgan fingerprint density at radius 1 is 1.10 bits per heavy atom. The zero-order valence-electron chi connectivity index (χ0n) is 13.2. The summed E-state index contributed by atoms with van der Waals surface area (Å²) in [6.07, 6.45) is 6.01. The number of rotatable bonds is 8. The molecule has 4 nitrogen and oxygen atoms in total. The Kier molecular flexibility index (Phi) is 8.07. The van der Waals surface area contributed by atoms with Crippen LogP contribution in [-0.4, -0.2) is 29.1 Å². The molecule has 4 heteroatoms. The molecule has 0 aromatic heterocycles. The van der Waals surface area contributed by atoms with E-state index in [0.717, 1.165) is 24.0 Å². The first-order chi connectivity index (χ1) is 9.21. The summed E-state index contributed by atoms with van der Waals surface area (Å²) in [6, 6.07) is 0. The van der Waals surface area contributed by atoms with Crippen molar-refractivity contribution in [2.45, 2.75) is 59.5 Å². The molecule has 0 aliphatic carbocycles. The zero-order chi connectivity index (χ0) is 15.8. The van der Waals surface area contributed by atoms with Gasteiger partial charge in [-0.05, 0) is 40.5 Å². The quantitative estimate of drug-likeness (QED) is 0.549. The van der Waals surface area contributed by atoms with Gasteiger partial charge in [-0.1, -0.05) is 23.3 Å². The highest BCUT2D eigenvalue weighted by Gasteiger charge is 2.31. The third-order valence-corrected chi connectivity index (χ3v) is 3.23. The molecular formula is C16H26O4. The predicted octanol–water partition coefficient (Wildman–Crippen LogP) is 2.95. The fraction of sp³-hybridized carbons (Fsp3) is 0.625. The highest BCUT2D eigenvalue weighted by atomic mass is 16.6. The van der Waals surface area contributed by atoms with Crippen LogP contribution in [0.15, 0.2) is 23.3 Å². The molecule has 20 heavy (non-hydrogen) atoms. The molecule has 0 aromatic carbocycles. The van der Waals surface area contributed by atoms with Crippen molar-refractivity contribution >= 4 is 11.8 Å². The van der Waals surface area contributed by atoms with Crippen LogP contribution in [0.1, 0.15) is 53.9 Å². The van der Waals surface area contributed by atoms with E-state index in [1.165, 1.54) is 13.8 Å². The van der Waals surface area contributed by atoms with Crippen molar-refractivity contribution in [3.05, 3.63) is 23.3 Å². The Morgan fingerprint density at radius 2 is 1.70 bits per heavy atom. The van der Waals surface area contributed by atoms with E-state index in [1.54, 1.807) is 6.92 Å². The Morgan fingerprint density at radius 3 is 2.15 bits per heavy atom. The molecule has 1 unspecified atom stereocenters. The van der Waals surface area contributed by atoms with Crippen LogP contribution in [0.25, 0.3) is 0 Å². The van der Waals surface area contributed by atoms with E-state index in [4.69, 9.17) is 9.84 Å². The van der Waals surface area contributed by atoms with Gasteiger partial charge in [0.1, 0.15) is 0 Å². The molecule has 0 aliphatic heterocycles. The van der Waals surface area contributed by atoms with Crippen LogP contribution in [0.5, 0.6) is 0 Å². The van der Waals surface area contributed by atoms with Crippen LogP contribution < -0.4 is 0 Å². The molecule has 0 aliphatic rings. The van der Waals surface area contributed by atoms with Crippen LogP contribution >= 0.6 is 0 Å². The number of ether oxygens (including phenoxy) is 1. The van der Waals surface area contributed by atoms with Crippen molar-refractivity contribution in [1.29, 1.82) is 0 Å². The van der Waals surface area contributed by atoms with Gasteiger partial charge in [0.05, 0.1) is 6.61 Å². The number of allylic oxidation sites excluding steroid dienone is 2. The second kappa shape index (κ2) is 8.69. The van der Waals surface area contributed by atoms with Gasteiger partial charge in [-0.3, -0.25) is 9.59 Å². The molecule has 0 fully saturated rings. The summed E-state index contributed by atoms with van der Waals surface area (Å²) in [5.74, 6) is -0.608. The number of Topliss-reactive ketones (excluding diaryl/α,β-unsaturated/α-hetero) is 1. The van der Waals surface area contributed by atoms with Crippen molar-refractivity contribution in [2.24, 2.45) is 0 Å². The third kappa shape index (κ3) is 7.24. The number of hydrogen-bond donors (Lipinski definition) is 1. The van der Waals surface area contributed by atoms with Gasteiger partial charge in [-0.25, -0.2) is 0 Å². The van der Waals surface area contributed by atoms with E-state index >= 15 is 0 Å². The molecule has 0 rings (SSSR count). The van der Waals surface area contributed by atoms with Gasteiger partial charge in [0.25, 0.3) is 0 Å². The molecule has 0 spiro atoms. The Bertz CT molecular complexity index is 407. The van der Waals surface area contributed by atoms with Crippen molar-refractivity contribution in [3.63, 3.8) is 0 Å². The summed E-state index contributed by atoms with van der Waals surface area (Å²) >= 11 is 0. The van der Waals surface area contributed by atoms with Crippen molar-refractivity contribution in [1.82, 2.24) is 0 Å². The molecular weight excluding hydrogens is 256 g/mol. The lowest BCUT2D eigenvalue weighted by molar-refractivity contribution is -0.162. The minimum absolute atomic E-state index is 0.0810. The number of ketones is 1. The average molecular weight is 282 g/mol. The molecule has 0 saturated heterocycles. The maximum atomic E-state index is 11.6. The van der Waals surface area contributed by atoms with Crippen LogP contribution in [0.3, 0.4) is 0 Å². The van der Waals surface area contributed by atoms with E-state index in [0.29, 0.717) is 6.42 Å². The van der Waals surface area contributed by atoms with Crippen molar-refractivity contribution in [2.75, 3.05) is 6.61 Å². The van der Waals surface area contributed by atoms with E-state index in [2.05, 4.69) is 0 Å². The number of aliphatic hydroxyl groups excluding tert-OH is 1. The molecule has 0 heterocycles. The lowest BCUT2D eigenvalue weighted by atomic mass is 9.95. The first kappa shape index (κ1) is 18.6. The summed E-state index contributed by atoms with van der Waals surface area (Å²) in [6.45, 7) is 8.32. The third-order valence-electron chi connectivity index (χ3n) is 3.23. The molecule has 0 aromatic rings. The van der Waals surface area contributed by atoms with Gasteiger partial charge in [0.2, 0.25) is 0 Å². The fourth-order valence-electron chi connectivity index (χ4n) is 1.66. The van der Waals surface area contributed by atoms with Crippen LogP contribution in [0.4, 0.5) is 0 Å². The van der Waals surface area contributed by atoms with Gasteiger partial charge in [-0.15, -0.1) is 0 Å². The average Bonchev–Trinajstić information content (AvgIpc) is 2.35. The first-order valence-electron chi connectivity index (χ1n) is 6.84. The largest absolute Gasteiger partial charge is 0.451 e. The van der Waals surface area contributed by atoms with Crippen LogP contribution in [0.2, 0.25) is 0 Å². The molecule has 1 atom stereocenters. The number of carbonyl (C=O) groups is 2. The monoisotopic (exact) mass is 282 g/mol. The van der Waals surface area contributed by atoms with Crippen LogP contribution in [0, 0.1) is 0 Å². The molecule has 0 radical (unpaired) electrons. The molecule has 0 amide bonds. The second-order valence-electron chi connectivity index (χ2n) is 5.38. The summed E-state index contributed by atoms with van der Waals surface area (Å²) in [7, 11) is 0. The van der Waals surface area contributed by atoms with E-state index in [-0.39, 0.29) is 12.4 Å². The molecule has 1 N–H and O–H groups in total. The highest BCUT2D eigenvalue weighted by Crippen LogP contribution is 2.20. The van der Waals surface area contributed by atoms with E-state index < -0.39 is 11.6 Å². The maximum absolute atomic E-state index is 11.6. The van der Waals surface area contributed by atoms with Gasteiger partial charge in [0, 0.05) is 13.3 Å². The predicted molar refractivity (Wildman–Crippen MR) is 79.3 cm³/mol. The van der Waals surface area contributed by atoms with Crippen molar-refractivity contribution in [3.8, 4) is 0 Å². The second-order valence-corrected chi connectivity index (χ2v) is 5.38. The van der Waals surface area contributed by atoms with E-state index in [1.807, 2.05) is 26.0 Å². The lowest BCUT2D eigenvalue weighted by Gasteiger charge is -2.25. The van der Waals surface area contributed by atoms with Gasteiger partial charge in [0.15, 0.2) is 11.4 Å². The summed E-state index contributed by atoms with van der Waals surface area (Å²) in [5, 5.41) is 8.89. The number of aliphatic hydroxyl groups is 1. The number of hydrogen-bond acceptors (Lipinski definition) is 4. The maximum Gasteiger partial charge on any atom is 0.303 e. The highest BCUT2D eigenvalue weighted by molar-refractivity contribution is 5.87. The topological polar surface area (TPSA) is 63.6 Å². The molecule has 0 saturated carbocycles. The summed E-state index contributed by atoms with van der Waals surface area (Å²) < 4.78 is 5.13. The first-order valence-corrected chi connectivity index (χ1v) is 6.84. The number of esters is 1. The van der Waals surface area contributed by atoms with Gasteiger partial charge >= 0.3 is 5.97 Å². The molecule has 114 valence electrons. The Labute approximate surface area is 121 Å². The standard InChI is InChI=1S/C16H26O4/c1-12(7-6-8-13(2)11-17)9-10-16(5,14(3)18)20-15(4)19/h8-9,17H,6-7,10-11H2,1-5H3/b12-9-,13-8+. The van der Waals surface area contributed by atoms with Crippen molar-refractivity contribution < 1.29 is 19.4 Å². The van der Waals surface area contributed by atoms with E-state index in [9.17, 15) is 9.59 Å². The smallest absolute Gasteiger partial charge is 0.303 e. The summed E-state index contributed by atoms with van der Waals surface area (Å²) in [4.78, 5) is 22.7. The Hall–Kier alpha value is -1.42. The van der Waals surface area contributed by atoms with Crippen LogP contribution in [-0.2, 0) is 14.3 Å². The minimum Gasteiger partial charge on any atom is -0.451 e. The minimum atomic E-state index is -1.08. The van der Waals surface area contributed by atoms with Gasteiger partial charge < -0.3 is 9.84 Å². The zero-order valence-corrected chi connectivity index (χ0v) is 13.2. The SMILES string of the molecule is CC(=O)OC(C)(C/C=C(/C)CC/C=C(\C)CO)C(C)=O.